The predicted molar refractivity (Wildman–Crippen MR) is 37.8 cm³/mol. The smallest absolute Gasteiger partial charge is 0.0853 e. The van der Waals surface area contributed by atoms with Gasteiger partial charge in [0, 0.05) is 6.04 Å². The van der Waals surface area contributed by atoms with Crippen molar-refractivity contribution >= 4 is 0 Å². The van der Waals surface area contributed by atoms with Crippen LogP contribution in [0.2, 0.25) is 0 Å². The number of nitrogens with one attached hydrogen (secondary N) is 1. The quantitative estimate of drug-likeness (QED) is 0.561. The molecule has 9 heavy (non-hydrogen) atoms. The lowest BCUT2D eigenvalue weighted by atomic mass is 9.87. The number of hydrogen-bond acceptors (Lipinski definition) is 1. The highest BCUT2D eigenvalue weighted by atomic mass is 14.9. The average molecular weight is 124 g/mol. The maximum atomic E-state index is 6.91. The van der Waals surface area contributed by atoms with Crippen molar-refractivity contribution in [1.29, 1.82) is 0 Å². The molecule has 3 radical (unpaired) electrons. The Kier molecular flexibility index (Phi) is 2.52. The summed E-state index contributed by atoms with van der Waals surface area (Å²) >= 11 is 0. The van der Waals surface area contributed by atoms with Crippen molar-refractivity contribution in [3.63, 3.8) is 0 Å². The van der Waals surface area contributed by atoms with Crippen molar-refractivity contribution in [3.05, 3.63) is 7.05 Å². The molecule has 1 aliphatic rings. The molecule has 0 aliphatic heterocycles. The Morgan fingerprint density at radius 3 is 2.22 bits per heavy atom. The fourth-order valence-electron chi connectivity index (χ4n) is 1.40. The molecule has 51 valence electrons. The fraction of sp³-hybridized carbons (Fsp3) is 0.875. The highest BCUT2D eigenvalue weighted by Crippen LogP contribution is 2.22. The summed E-state index contributed by atoms with van der Waals surface area (Å²) in [5.74, 6) is 0.898. The number of hydrogen-bond donors (Lipinski definition) is 1. The molecule has 1 nitrogen and oxygen atoms in total. The van der Waals surface area contributed by atoms with Crippen LogP contribution in [-0.2, 0) is 0 Å². The Morgan fingerprint density at radius 2 is 1.78 bits per heavy atom. The minimum atomic E-state index is 0.487. The van der Waals surface area contributed by atoms with Gasteiger partial charge in [0.15, 0.2) is 0 Å². The third kappa shape index (κ3) is 1.98. The summed E-state index contributed by atoms with van der Waals surface area (Å²) in [4.78, 5) is 0. The molecule has 1 fully saturated rings. The zero-order valence-electron chi connectivity index (χ0n) is 5.98. The van der Waals surface area contributed by atoms with Gasteiger partial charge < -0.3 is 5.32 Å². The number of rotatable bonds is 1. The van der Waals surface area contributed by atoms with Crippen LogP contribution in [0.5, 0.6) is 0 Å². The lowest BCUT2D eigenvalue weighted by molar-refractivity contribution is 0.325. The third-order valence-electron chi connectivity index (χ3n) is 2.22. The molecule has 1 rings (SSSR count). The Labute approximate surface area is 57.8 Å². The maximum absolute atomic E-state index is 6.91. The molecule has 1 heteroatoms. The van der Waals surface area contributed by atoms with Gasteiger partial charge in [-0.1, -0.05) is 6.92 Å². The molecule has 0 heterocycles. The lowest BCUT2D eigenvalue weighted by Gasteiger charge is -2.24. The summed E-state index contributed by atoms with van der Waals surface area (Å²) in [6.07, 6.45) is 5.00. The summed E-state index contributed by atoms with van der Waals surface area (Å²) in [5.41, 5.74) is 0. The summed E-state index contributed by atoms with van der Waals surface area (Å²) in [7, 11) is 6.91. The minimum absolute atomic E-state index is 0.487. The molecule has 1 N–H and O–H groups in total. The molecular formula is C8H14N. The van der Waals surface area contributed by atoms with Crippen molar-refractivity contribution in [2.45, 2.75) is 38.6 Å². The maximum Gasteiger partial charge on any atom is 0.0853 e. The van der Waals surface area contributed by atoms with Crippen LogP contribution in [-0.4, -0.2) is 6.04 Å². The summed E-state index contributed by atoms with van der Waals surface area (Å²) in [5, 5.41) is 2.57. The van der Waals surface area contributed by atoms with Gasteiger partial charge in [-0.05, 0) is 31.6 Å². The van der Waals surface area contributed by atoms with E-state index in [-0.39, 0.29) is 0 Å². The van der Waals surface area contributed by atoms with Crippen molar-refractivity contribution in [2.75, 3.05) is 0 Å². The molecule has 0 atom stereocenters. The molecule has 1 saturated carbocycles. The van der Waals surface area contributed by atoms with Crippen LogP contribution in [0, 0.1) is 13.0 Å². The van der Waals surface area contributed by atoms with Crippen LogP contribution < -0.4 is 5.32 Å². The van der Waals surface area contributed by atoms with Crippen LogP contribution in [0.25, 0.3) is 0 Å². The van der Waals surface area contributed by atoms with Gasteiger partial charge >= 0.3 is 0 Å². The molecule has 0 spiro atoms. The molecular weight excluding hydrogens is 110 g/mol. The van der Waals surface area contributed by atoms with E-state index in [1.54, 1.807) is 0 Å². The van der Waals surface area contributed by atoms with Gasteiger partial charge in [0.05, 0.1) is 7.05 Å². The van der Waals surface area contributed by atoms with Crippen LogP contribution in [0.1, 0.15) is 32.6 Å². The van der Waals surface area contributed by atoms with Crippen molar-refractivity contribution in [2.24, 2.45) is 5.92 Å². The Morgan fingerprint density at radius 1 is 1.22 bits per heavy atom. The zero-order chi connectivity index (χ0) is 6.69. The molecule has 1 aliphatic carbocycles. The van der Waals surface area contributed by atoms with Gasteiger partial charge in [-0.2, -0.15) is 0 Å². The molecule has 0 saturated heterocycles. The normalized spacial score (nSPS) is 36.7. The summed E-state index contributed by atoms with van der Waals surface area (Å²) in [6, 6.07) is 0.487. The van der Waals surface area contributed by atoms with Gasteiger partial charge in [-0.15, -0.1) is 0 Å². The van der Waals surface area contributed by atoms with E-state index >= 15 is 0 Å². The second-order valence-electron chi connectivity index (χ2n) is 3.10. The minimum Gasteiger partial charge on any atom is -0.303 e. The van der Waals surface area contributed by atoms with E-state index in [4.69, 9.17) is 7.05 Å². The highest BCUT2D eigenvalue weighted by Gasteiger charge is 2.15. The van der Waals surface area contributed by atoms with Crippen molar-refractivity contribution in [3.8, 4) is 0 Å². The van der Waals surface area contributed by atoms with Crippen LogP contribution in [0.4, 0.5) is 0 Å². The molecule has 0 bridgehead atoms. The molecule has 0 amide bonds. The van der Waals surface area contributed by atoms with Crippen molar-refractivity contribution in [1.82, 2.24) is 5.32 Å². The molecule has 0 aromatic rings. The first kappa shape index (κ1) is 7.07. The molecule has 0 aromatic carbocycles. The monoisotopic (exact) mass is 124 g/mol. The van der Waals surface area contributed by atoms with Gasteiger partial charge in [0.1, 0.15) is 0 Å². The highest BCUT2D eigenvalue weighted by molar-refractivity contribution is 4.74. The molecule has 0 aromatic heterocycles. The SMILES string of the molecule is [C]N[C@H]1CC[C@@H](C)CC1. The summed E-state index contributed by atoms with van der Waals surface area (Å²) < 4.78 is 0. The fourth-order valence-corrected chi connectivity index (χ4v) is 1.40. The largest absolute Gasteiger partial charge is 0.303 e. The summed E-state index contributed by atoms with van der Waals surface area (Å²) in [6.45, 7) is 2.29. The van der Waals surface area contributed by atoms with Gasteiger partial charge in [0.2, 0.25) is 0 Å². The van der Waals surface area contributed by atoms with E-state index in [2.05, 4.69) is 12.2 Å². The second kappa shape index (κ2) is 3.21. The van der Waals surface area contributed by atoms with E-state index < -0.39 is 0 Å². The van der Waals surface area contributed by atoms with Crippen LogP contribution >= 0.6 is 0 Å². The second-order valence-corrected chi connectivity index (χ2v) is 3.10. The predicted octanol–water partition coefficient (Wildman–Crippen LogP) is 1.70. The molecule has 0 unspecified atom stereocenters. The first-order valence-electron chi connectivity index (χ1n) is 3.75. The average Bonchev–Trinajstić information content (AvgIpc) is 1.90. The van der Waals surface area contributed by atoms with Crippen LogP contribution in [0.15, 0.2) is 0 Å². The Hall–Kier alpha value is -0.0400. The van der Waals surface area contributed by atoms with Crippen LogP contribution in [0.3, 0.4) is 0 Å². The van der Waals surface area contributed by atoms with Gasteiger partial charge in [0.25, 0.3) is 0 Å². The van der Waals surface area contributed by atoms with Crippen molar-refractivity contribution < 1.29 is 0 Å². The standard InChI is InChI=1S/C8H14N/c1-7-3-5-8(9-2)6-4-7/h7-9H,3-6H2,1H3/t7-,8+. The first-order chi connectivity index (χ1) is 4.33. The van der Waals surface area contributed by atoms with Gasteiger partial charge in [-0.25, -0.2) is 0 Å². The van der Waals surface area contributed by atoms with E-state index in [1.807, 2.05) is 0 Å². The first-order valence-corrected chi connectivity index (χ1v) is 3.75. The van der Waals surface area contributed by atoms with Gasteiger partial charge in [-0.3, -0.25) is 0 Å². The van der Waals surface area contributed by atoms with E-state index in [9.17, 15) is 0 Å². The topological polar surface area (TPSA) is 12.0 Å². The van der Waals surface area contributed by atoms with E-state index in [0.717, 1.165) is 5.92 Å². The Balaban J connectivity index is 2.18. The van der Waals surface area contributed by atoms with E-state index in [0.29, 0.717) is 6.04 Å². The third-order valence-corrected chi connectivity index (χ3v) is 2.22. The van der Waals surface area contributed by atoms with E-state index in [1.165, 1.54) is 25.7 Å². The zero-order valence-corrected chi connectivity index (χ0v) is 5.98. The Bertz CT molecular complexity index is 72.6. The lowest BCUT2D eigenvalue weighted by Crippen LogP contribution is -2.27.